The van der Waals surface area contributed by atoms with E-state index >= 15 is 0 Å². The SMILES string of the molecule is CC1CCCCCC1Nc1ccc(N)c(N)c1. The van der Waals surface area contributed by atoms with E-state index in [-0.39, 0.29) is 0 Å². The molecule has 0 aromatic heterocycles. The van der Waals surface area contributed by atoms with E-state index in [2.05, 4.69) is 12.2 Å². The van der Waals surface area contributed by atoms with Crippen molar-refractivity contribution in [1.82, 2.24) is 0 Å². The summed E-state index contributed by atoms with van der Waals surface area (Å²) < 4.78 is 0. The van der Waals surface area contributed by atoms with Crippen molar-refractivity contribution in [1.29, 1.82) is 0 Å². The van der Waals surface area contributed by atoms with Gasteiger partial charge in [0.15, 0.2) is 0 Å². The van der Waals surface area contributed by atoms with Crippen LogP contribution in [-0.2, 0) is 0 Å². The summed E-state index contributed by atoms with van der Waals surface area (Å²) in [5.74, 6) is 0.733. The molecule has 1 aliphatic carbocycles. The molecule has 2 rings (SSSR count). The zero-order valence-electron chi connectivity index (χ0n) is 10.6. The van der Waals surface area contributed by atoms with E-state index in [1.54, 1.807) is 0 Å². The molecule has 0 bridgehead atoms. The maximum Gasteiger partial charge on any atom is 0.0568 e. The maximum atomic E-state index is 5.83. The minimum Gasteiger partial charge on any atom is -0.397 e. The molecule has 0 saturated heterocycles. The summed E-state index contributed by atoms with van der Waals surface area (Å²) >= 11 is 0. The molecule has 2 unspecified atom stereocenters. The van der Waals surface area contributed by atoms with Gasteiger partial charge in [-0.15, -0.1) is 0 Å². The van der Waals surface area contributed by atoms with Gasteiger partial charge in [-0.25, -0.2) is 0 Å². The summed E-state index contributed by atoms with van der Waals surface area (Å²) in [6.07, 6.45) is 6.63. The lowest BCUT2D eigenvalue weighted by molar-refractivity contribution is 0.457. The van der Waals surface area contributed by atoms with Crippen molar-refractivity contribution < 1.29 is 0 Å². The Kier molecular flexibility index (Phi) is 3.77. The van der Waals surface area contributed by atoms with Crippen LogP contribution in [0.25, 0.3) is 0 Å². The van der Waals surface area contributed by atoms with Crippen molar-refractivity contribution in [3.05, 3.63) is 18.2 Å². The number of rotatable bonds is 2. The molecule has 1 aromatic carbocycles. The van der Waals surface area contributed by atoms with E-state index in [1.165, 1.54) is 32.1 Å². The first-order chi connectivity index (χ1) is 8.16. The van der Waals surface area contributed by atoms with Crippen LogP contribution in [0.1, 0.15) is 39.0 Å². The van der Waals surface area contributed by atoms with Gasteiger partial charge >= 0.3 is 0 Å². The quantitative estimate of drug-likeness (QED) is 0.543. The van der Waals surface area contributed by atoms with E-state index in [0.29, 0.717) is 17.4 Å². The fourth-order valence-electron chi connectivity index (χ4n) is 2.59. The zero-order valence-corrected chi connectivity index (χ0v) is 10.6. The Balaban J connectivity index is 2.05. The van der Waals surface area contributed by atoms with E-state index < -0.39 is 0 Å². The Labute approximate surface area is 104 Å². The summed E-state index contributed by atoms with van der Waals surface area (Å²) in [4.78, 5) is 0. The number of nitrogen functional groups attached to an aromatic ring is 2. The smallest absolute Gasteiger partial charge is 0.0568 e. The van der Waals surface area contributed by atoms with Gasteiger partial charge in [-0.2, -0.15) is 0 Å². The minimum atomic E-state index is 0.570. The van der Waals surface area contributed by atoms with Crippen LogP contribution in [0.2, 0.25) is 0 Å². The maximum absolute atomic E-state index is 5.83. The van der Waals surface area contributed by atoms with Gasteiger partial charge in [0.05, 0.1) is 11.4 Å². The predicted molar refractivity (Wildman–Crippen MR) is 74.9 cm³/mol. The van der Waals surface area contributed by atoms with Gasteiger partial charge in [0.1, 0.15) is 0 Å². The van der Waals surface area contributed by atoms with E-state index in [0.717, 1.165) is 11.6 Å². The van der Waals surface area contributed by atoms with Crippen LogP contribution in [0, 0.1) is 5.92 Å². The number of benzene rings is 1. The molecule has 1 saturated carbocycles. The van der Waals surface area contributed by atoms with Crippen LogP contribution >= 0.6 is 0 Å². The van der Waals surface area contributed by atoms with Crippen molar-refractivity contribution in [2.75, 3.05) is 16.8 Å². The van der Waals surface area contributed by atoms with Crippen molar-refractivity contribution in [3.8, 4) is 0 Å². The van der Waals surface area contributed by atoms with Gasteiger partial charge in [0.2, 0.25) is 0 Å². The Bertz CT molecular complexity index is 376. The molecule has 0 heterocycles. The molecule has 5 N–H and O–H groups in total. The number of anilines is 3. The molecule has 94 valence electrons. The second kappa shape index (κ2) is 5.30. The number of hydrogen-bond donors (Lipinski definition) is 3. The second-order valence-corrected chi connectivity index (χ2v) is 5.21. The predicted octanol–water partition coefficient (Wildman–Crippen LogP) is 3.23. The standard InChI is InChI=1S/C14H23N3/c1-10-5-3-2-4-6-14(10)17-11-7-8-12(15)13(16)9-11/h7-10,14,17H,2-6,15-16H2,1H3. The van der Waals surface area contributed by atoms with Crippen molar-refractivity contribution in [2.24, 2.45) is 5.92 Å². The van der Waals surface area contributed by atoms with Gasteiger partial charge < -0.3 is 16.8 Å². The number of nitrogens with one attached hydrogen (secondary N) is 1. The molecule has 17 heavy (non-hydrogen) atoms. The molecule has 3 nitrogen and oxygen atoms in total. The second-order valence-electron chi connectivity index (χ2n) is 5.21. The Hall–Kier alpha value is -1.38. The fourth-order valence-corrected chi connectivity index (χ4v) is 2.59. The van der Waals surface area contributed by atoms with Crippen LogP contribution in [0.5, 0.6) is 0 Å². The number of hydrogen-bond acceptors (Lipinski definition) is 3. The molecule has 1 fully saturated rings. The lowest BCUT2D eigenvalue weighted by Crippen LogP contribution is -2.26. The third kappa shape index (κ3) is 3.05. The van der Waals surface area contributed by atoms with Gasteiger partial charge in [0, 0.05) is 11.7 Å². The molecule has 2 atom stereocenters. The fraction of sp³-hybridized carbons (Fsp3) is 0.571. The highest BCUT2D eigenvalue weighted by atomic mass is 14.9. The molecule has 0 radical (unpaired) electrons. The van der Waals surface area contributed by atoms with Gasteiger partial charge in [-0.05, 0) is 37.0 Å². The first-order valence-electron chi connectivity index (χ1n) is 6.58. The zero-order chi connectivity index (χ0) is 12.3. The van der Waals surface area contributed by atoms with Crippen LogP contribution in [-0.4, -0.2) is 6.04 Å². The van der Waals surface area contributed by atoms with Crippen molar-refractivity contribution in [2.45, 2.75) is 45.1 Å². The highest BCUT2D eigenvalue weighted by molar-refractivity contribution is 5.69. The third-order valence-electron chi connectivity index (χ3n) is 3.80. The summed E-state index contributed by atoms with van der Waals surface area (Å²) in [5, 5.41) is 3.60. The average molecular weight is 233 g/mol. The summed E-state index contributed by atoms with van der Waals surface area (Å²) in [6, 6.07) is 6.40. The molecule has 0 aliphatic heterocycles. The highest BCUT2D eigenvalue weighted by Gasteiger charge is 2.19. The van der Waals surface area contributed by atoms with E-state index in [9.17, 15) is 0 Å². The number of nitrogens with two attached hydrogens (primary N) is 2. The minimum absolute atomic E-state index is 0.570. The monoisotopic (exact) mass is 233 g/mol. The van der Waals surface area contributed by atoms with E-state index in [4.69, 9.17) is 11.5 Å². The lowest BCUT2D eigenvalue weighted by Gasteiger charge is -2.24. The van der Waals surface area contributed by atoms with Gasteiger partial charge in [-0.1, -0.05) is 26.2 Å². The summed E-state index contributed by atoms with van der Waals surface area (Å²) in [7, 11) is 0. The highest BCUT2D eigenvalue weighted by Crippen LogP contribution is 2.27. The Morgan fingerprint density at radius 1 is 1.06 bits per heavy atom. The molecular formula is C14H23N3. The average Bonchev–Trinajstić information content (AvgIpc) is 2.50. The molecule has 1 aromatic rings. The van der Waals surface area contributed by atoms with Crippen LogP contribution in [0.4, 0.5) is 17.1 Å². The largest absolute Gasteiger partial charge is 0.397 e. The van der Waals surface area contributed by atoms with Gasteiger partial charge in [0.25, 0.3) is 0 Å². The summed E-state index contributed by atoms with van der Waals surface area (Å²) in [5.41, 5.74) is 14.0. The van der Waals surface area contributed by atoms with Crippen LogP contribution in [0.3, 0.4) is 0 Å². The molecule has 1 aliphatic rings. The Morgan fingerprint density at radius 3 is 2.59 bits per heavy atom. The Morgan fingerprint density at radius 2 is 1.82 bits per heavy atom. The lowest BCUT2D eigenvalue weighted by atomic mass is 9.96. The van der Waals surface area contributed by atoms with Crippen molar-refractivity contribution >= 4 is 17.1 Å². The first kappa shape index (κ1) is 12.1. The molecule has 0 amide bonds. The summed E-state index contributed by atoms with van der Waals surface area (Å²) in [6.45, 7) is 2.34. The molecular weight excluding hydrogens is 210 g/mol. The van der Waals surface area contributed by atoms with E-state index in [1.807, 2.05) is 18.2 Å². The van der Waals surface area contributed by atoms with Crippen molar-refractivity contribution in [3.63, 3.8) is 0 Å². The normalized spacial score (nSPS) is 25.2. The third-order valence-corrected chi connectivity index (χ3v) is 3.80. The molecule has 0 spiro atoms. The first-order valence-corrected chi connectivity index (χ1v) is 6.58. The van der Waals surface area contributed by atoms with Crippen LogP contribution in [0.15, 0.2) is 18.2 Å². The van der Waals surface area contributed by atoms with Crippen LogP contribution < -0.4 is 16.8 Å². The molecule has 3 heteroatoms. The topological polar surface area (TPSA) is 64.1 Å². The van der Waals surface area contributed by atoms with Gasteiger partial charge in [-0.3, -0.25) is 0 Å².